The van der Waals surface area contributed by atoms with E-state index in [1.165, 1.54) is 4.68 Å². The van der Waals surface area contributed by atoms with Crippen LogP contribution >= 0.6 is 0 Å². The van der Waals surface area contributed by atoms with Gasteiger partial charge in [0.1, 0.15) is 0 Å². The number of nitrogens with zero attached hydrogens (tertiary/aromatic N) is 3. The highest BCUT2D eigenvalue weighted by molar-refractivity contribution is 5.86. The molecule has 0 aliphatic heterocycles. The quantitative estimate of drug-likeness (QED) is 0.754. The van der Waals surface area contributed by atoms with E-state index in [4.69, 9.17) is 4.74 Å². The zero-order chi connectivity index (χ0) is 12.3. The van der Waals surface area contributed by atoms with Gasteiger partial charge in [0, 0.05) is 12.6 Å². The van der Waals surface area contributed by atoms with Gasteiger partial charge in [-0.05, 0) is 6.92 Å². The van der Waals surface area contributed by atoms with E-state index in [-0.39, 0.29) is 5.82 Å². The molecule has 0 saturated carbocycles. The summed E-state index contributed by atoms with van der Waals surface area (Å²) in [7, 11) is 1.67. The van der Waals surface area contributed by atoms with Crippen molar-refractivity contribution in [3.05, 3.63) is 36.2 Å². The summed E-state index contributed by atoms with van der Waals surface area (Å²) in [6.45, 7) is 2.08. The summed E-state index contributed by atoms with van der Waals surface area (Å²) in [6, 6.07) is 9.50. The van der Waals surface area contributed by atoms with Gasteiger partial charge in [-0.25, -0.2) is 14.5 Å². The molecule has 0 amide bonds. The summed E-state index contributed by atoms with van der Waals surface area (Å²) in [4.78, 5) is 15.7. The number of carbonyl (C=O) groups excluding carboxylic acids is 1. The normalized spacial score (nSPS) is 10.2. The Morgan fingerprint density at radius 3 is 2.71 bits per heavy atom. The Morgan fingerprint density at radius 1 is 1.35 bits per heavy atom. The van der Waals surface area contributed by atoms with Gasteiger partial charge in [-0.2, -0.15) is 5.10 Å². The Kier molecular flexibility index (Phi) is 3.18. The predicted octanol–water partition coefficient (Wildman–Crippen LogP) is 1.66. The Morgan fingerprint density at radius 2 is 2.06 bits per heavy atom. The Hall–Kier alpha value is -2.17. The van der Waals surface area contributed by atoms with E-state index in [9.17, 15) is 4.79 Å². The SMILES string of the molecule is CCOC(=O)c1nc(-c2ccccc2)nn1C. The average molecular weight is 231 g/mol. The van der Waals surface area contributed by atoms with Crippen LogP contribution in [0.3, 0.4) is 0 Å². The van der Waals surface area contributed by atoms with Gasteiger partial charge in [0.15, 0.2) is 5.82 Å². The van der Waals surface area contributed by atoms with Crippen LogP contribution in [0.25, 0.3) is 11.4 Å². The lowest BCUT2D eigenvalue weighted by Crippen LogP contribution is -2.11. The van der Waals surface area contributed by atoms with Crippen LogP contribution in [0.2, 0.25) is 0 Å². The molecule has 1 aromatic heterocycles. The molecule has 0 unspecified atom stereocenters. The number of carbonyl (C=O) groups is 1. The molecule has 0 bridgehead atoms. The van der Waals surface area contributed by atoms with Gasteiger partial charge in [-0.3, -0.25) is 0 Å². The van der Waals surface area contributed by atoms with Crippen molar-refractivity contribution < 1.29 is 9.53 Å². The number of rotatable bonds is 3. The highest BCUT2D eigenvalue weighted by Crippen LogP contribution is 2.14. The van der Waals surface area contributed by atoms with Gasteiger partial charge in [-0.15, -0.1) is 0 Å². The molecule has 2 aromatic rings. The van der Waals surface area contributed by atoms with Gasteiger partial charge in [0.2, 0.25) is 5.82 Å². The number of hydrogen-bond donors (Lipinski definition) is 0. The van der Waals surface area contributed by atoms with Crippen LogP contribution in [-0.4, -0.2) is 27.3 Å². The van der Waals surface area contributed by atoms with Crippen molar-refractivity contribution in [3.63, 3.8) is 0 Å². The van der Waals surface area contributed by atoms with Crippen LogP contribution in [0, 0.1) is 0 Å². The number of aromatic nitrogens is 3. The zero-order valence-electron chi connectivity index (χ0n) is 9.75. The molecule has 2 rings (SSSR count). The molecule has 1 aromatic carbocycles. The van der Waals surface area contributed by atoms with Crippen molar-refractivity contribution in [2.24, 2.45) is 7.05 Å². The van der Waals surface area contributed by atoms with Crippen LogP contribution in [0.4, 0.5) is 0 Å². The summed E-state index contributed by atoms with van der Waals surface area (Å²) >= 11 is 0. The van der Waals surface area contributed by atoms with E-state index in [1.54, 1.807) is 14.0 Å². The maximum absolute atomic E-state index is 11.6. The molecule has 0 N–H and O–H groups in total. The predicted molar refractivity (Wildman–Crippen MR) is 62.4 cm³/mol. The molecule has 17 heavy (non-hydrogen) atoms. The third kappa shape index (κ3) is 2.33. The number of esters is 1. The molecule has 0 saturated heterocycles. The molecule has 0 fully saturated rings. The monoisotopic (exact) mass is 231 g/mol. The van der Waals surface area contributed by atoms with Crippen molar-refractivity contribution in [2.45, 2.75) is 6.92 Å². The lowest BCUT2D eigenvalue weighted by molar-refractivity contribution is 0.0506. The smallest absolute Gasteiger partial charge is 0.376 e. The highest BCUT2D eigenvalue weighted by atomic mass is 16.5. The lowest BCUT2D eigenvalue weighted by atomic mass is 10.2. The summed E-state index contributed by atoms with van der Waals surface area (Å²) in [5.41, 5.74) is 0.874. The van der Waals surface area contributed by atoms with Crippen molar-refractivity contribution in [2.75, 3.05) is 6.61 Å². The van der Waals surface area contributed by atoms with Crippen LogP contribution in [0.1, 0.15) is 17.5 Å². The van der Waals surface area contributed by atoms with E-state index < -0.39 is 5.97 Å². The number of aryl methyl sites for hydroxylation is 1. The highest BCUT2D eigenvalue weighted by Gasteiger charge is 2.16. The first-order valence-electron chi connectivity index (χ1n) is 5.36. The molecule has 0 radical (unpaired) electrons. The van der Waals surface area contributed by atoms with Crippen molar-refractivity contribution >= 4 is 5.97 Å². The molecular weight excluding hydrogens is 218 g/mol. The second-order valence-electron chi connectivity index (χ2n) is 3.47. The van der Waals surface area contributed by atoms with Crippen molar-refractivity contribution in [3.8, 4) is 11.4 Å². The summed E-state index contributed by atoms with van der Waals surface area (Å²) in [5.74, 6) is 0.284. The Balaban J connectivity index is 2.34. The van der Waals surface area contributed by atoms with Crippen LogP contribution in [0.5, 0.6) is 0 Å². The topological polar surface area (TPSA) is 57.0 Å². The van der Waals surface area contributed by atoms with E-state index >= 15 is 0 Å². The first-order valence-corrected chi connectivity index (χ1v) is 5.36. The Bertz CT molecular complexity index is 520. The van der Waals surface area contributed by atoms with E-state index in [2.05, 4.69) is 10.1 Å². The first-order chi connectivity index (χ1) is 8.22. The maximum atomic E-state index is 11.6. The van der Waals surface area contributed by atoms with Gasteiger partial charge < -0.3 is 4.74 Å². The second kappa shape index (κ2) is 4.78. The van der Waals surface area contributed by atoms with Gasteiger partial charge in [0.05, 0.1) is 6.61 Å². The van der Waals surface area contributed by atoms with Gasteiger partial charge >= 0.3 is 5.97 Å². The molecule has 1 heterocycles. The first kappa shape index (κ1) is 11.3. The fraction of sp³-hybridized carbons (Fsp3) is 0.250. The van der Waals surface area contributed by atoms with E-state index in [1.807, 2.05) is 30.3 Å². The molecule has 0 atom stereocenters. The molecule has 5 heteroatoms. The zero-order valence-corrected chi connectivity index (χ0v) is 9.75. The molecule has 0 aliphatic carbocycles. The third-order valence-electron chi connectivity index (χ3n) is 2.25. The largest absolute Gasteiger partial charge is 0.460 e. The molecule has 88 valence electrons. The minimum atomic E-state index is -0.454. The second-order valence-corrected chi connectivity index (χ2v) is 3.47. The van der Waals surface area contributed by atoms with Crippen LogP contribution in [-0.2, 0) is 11.8 Å². The minimum Gasteiger partial charge on any atom is -0.460 e. The van der Waals surface area contributed by atoms with Gasteiger partial charge in [-0.1, -0.05) is 30.3 Å². The number of ether oxygens (including phenoxy) is 1. The summed E-state index contributed by atoms with van der Waals surface area (Å²) < 4.78 is 6.33. The lowest BCUT2D eigenvalue weighted by Gasteiger charge is -1.98. The standard InChI is InChI=1S/C12H13N3O2/c1-3-17-12(16)11-13-10(14-15(11)2)9-7-5-4-6-8-9/h4-8H,3H2,1-2H3. The van der Waals surface area contributed by atoms with Crippen LogP contribution in [0.15, 0.2) is 30.3 Å². The molecule has 0 spiro atoms. The van der Waals surface area contributed by atoms with Crippen LogP contribution < -0.4 is 0 Å². The van der Waals surface area contributed by atoms with E-state index in [0.717, 1.165) is 5.56 Å². The third-order valence-corrected chi connectivity index (χ3v) is 2.25. The van der Waals surface area contributed by atoms with Crippen molar-refractivity contribution in [1.29, 1.82) is 0 Å². The number of benzene rings is 1. The maximum Gasteiger partial charge on any atom is 0.376 e. The summed E-state index contributed by atoms with van der Waals surface area (Å²) in [6.07, 6.45) is 0. The van der Waals surface area contributed by atoms with Crippen molar-refractivity contribution in [1.82, 2.24) is 14.8 Å². The fourth-order valence-electron chi connectivity index (χ4n) is 1.47. The van der Waals surface area contributed by atoms with E-state index in [0.29, 0.717) is 12.4 Å². The average Bonchev–Trinajstić information content (AvgIpc) is 2.73. The van der Waals surface area contributed by atoms with Gasteiger partial charge in [0.25, 0.3) is 0 Å². The fourth-order valence-corrected chi connectivity index (χ4v) is 1.47. The molecule has 0 aliphatic rings. The Labute approximate surface area is 99.1 Å². The molecule has 5 nitrogen and oxygen atoms in total. The summed E-state index contributed by atoms with van der Waals surface area (Å²) in [5, 5.41) is 4.19. The minimum absolute atomic E-state index is 0.214. The molecular formula is C12H13N3O2. The number of hydrogen-bond acceptors (Lipinski definition) is 4.